The Labute approximate surface area is 141 Å². The molecule has 1 aromatic carbocycles. The summed E-state index contributed by atoms with van der Waals surface area (Å²) in [6, 6.07) is 4.65. The molecule has 1 atom stereocenters. The third kappa shape index (κ3) is 4.14. The lowest BCUT2D eigenvalue weighted by Gasteiger charge is -2.23. The Balaban J connectivity index is 2.02. The van der Waals surface area contributed by atoms with Gasteiger partial charge in [0.25, 0.3) is 5.91 Å². The first-order valence-corrected chi connectivity index (χ1v) is 7.96. The van der Waals surface area contributed by atoms with E-state index in [9.17, 15) is 9.59 Å². The number of ether oxygens (including phenoxy) is 1. The molecule has 1 heterocycles. The van der Waals surface area contributed by atoms with Gasteiger partial charge in [0, 0.05) is 17.1 Å². The normalized spacial score (nSPS) is 17.8. The molecule has 7 heteroatoms. The van der Waals surface area contributed by atoms with Crippen LogP contribution < -0.4 is 10.1 Å². The van der Waals surface area contributed by atoms with Crippen LogP contribution in [0.15, 0.2) is 18.2 Å². The number of nitrogens with zero attached hydrogens (tertiary/aromatic N) is 2. The summed E-state index contributed by atoms with van der Waals surface area (Å²) in [7, 11) is 3.44. The van der Waals surface area contributed by atoms with E-state index in [4.69, 9.17) is 16.3 Å². The summed E-state index contributed by atoms with van der Waals surface area (Å²) >= 11 is 6.03. The standard InChI is InChI=1S/C16H22ClN3O3/c1-4-5-13-15(21)20(16(22)18-13)10-19(2)9-11-8-12(17)6-7-14(11)23-3/h6-8,13H,4-5,9-10H2,1-3H3,(H,18,22)/t13-/m1/s1. The summed E-state index contributed by atoms with van der Waals surface area (Å²) in [6.07, 6.45) is 1.51. The smallest absolute Gasteiger partial charge is 0.325 e. The van der Waals surface area contributed by atoms with Crippen molar-refractivity contribution in [3.63, 3.8) is 0 Å². The number of rotatable bonds is 7. The highest BCUT2D eigenvalue weighted by Crippen LogP contribution is 2.24. The van der Waals surface area contributed by atoms with Crippen LogP contribution in [0.5, 0.6) is 5.75 Å². The molecule has 0 bridgehead atoms. The predicted octanol–water partition coefficient (Wildman–Crippen LogP) is 2.46. The van der Waals surface area contributed by atoms with Gasteiger partial charge in [0.15, 0.2) is 0 Å². The second-order valence-corrected chi connectivity index (χ2v) is 6.11. The SMILES string of the molecule is CCC[C@H]1NC(=O)N(CN(C)Cc2cc(Cl)ccc2OC)C1=O. The molecule has 1 aromatic rings. The van der Waals surface area contributed by atoms with Crippen LogP contribution in [0, 0.1) is 0 Å². The first kappa shape index (κ1) is 17.6. The number of benzene rings is 1. The van der Waals surface area contributed by atoms with Gasteiger partial charge in [-0.05, 0) is 31.7 Å². The quantitative estimate of drug-likeness (QED) is 0.775. The van der Waals surface area contributed by atoms with Crippen molar-refractivity contribution in [2.75, 3.05) is 20.8 Å². The summed E-state index contributed by atoms with van der Waals surface area (Å²) in [5.74, 6) is 0.559. The van der Waals surface area contributed by atoms with Crippen LogP contribution in [0.3, 0.4) is 0 Å². The maximum Gasteiger partial charge on any atom is 0.325 e. The van der Waals surface area contributed by atoms with Crippen LogP contribution >= 0.6 is 11.6 Å². The minimum atomic E-state index is -0.401. The number of hydrogen-bond acceptors (Lipinski definition) is 4. The zero-order valence-electron chi connectivity index (χ0n) is 13.6. The van der Waals surface area contributed by atoms with Crippen LogP contribution in [-0.4, -0.2) is 48.6 Å². The maximum atomic E-state index is 12.2. The third-order valence-electron chi connectivity index (χ3n) is 3.75. The predicted molar refractivity (Wildman–Crippen MR) is 88.4 cm³/mol. The molecule has 0 unspecified atom stereocenters. The summed E-state index contributed by atoms with van der Waals surface area (Å²) in [5, 5.41) is 3.34. The Morgan fingerprint density at radius 2 is 2.13 bits per heavy atom. The van der Waals surface area contributed by atoms with Gasteiger partial charge >= 0.3 is 6.03 Å². The van der Waals surface area contributed by atoms with Crippen LogP contribution in [0.2, 0.25) is 5.02 Å². The van der Waals surface area contributed by atoms with E-state index in [-0.39, 0.29) is 18.6 Å². The van der Waals surface area contributed by atoms with Gasteiger partial charge in [0.1, 0.15) is 11.8 Å². The van der Waals surface area contributed by atoms with Gasteiger partial charge < -0.3 is 10.1 Å². The molecule has 6 nitrogen and oxygen atoms in total. The largest absolute Gasteiger partial charge is 0.496 e. The van der Waals surface area contributed by atoms with E-state index in [0.29, 0.717) is 18.0 Å². The van der Waals surface area contributed by atoms with E-state index in [1.807, 2.05) is 24.9 Å². The second-order valence-electron chi connectivity index (χ2n) is 5.67. The highest BCUT2D eigenvalue weighted by atomic mass is 35.5. The molecular weight excluding hydrogens is 318 g/mol. The summed E-state index contributed by atoms with van der Waals surface area (Å²) in [5.41, 5.74) is 0.902. The van der Waals surface area contributed by atoms with Crippen molar-refractivity contribution in [2.45, 2.75) is 32.4 Å². The van der Waals surface area contributed by atoms with Crippen LogP contribution in [0.4, 0.5) is 4.79 Å². The first-order chi connectivity index (χ1) is 11.0. The fourth-order valence-electron chi connectivity index (χ4n) is 2.65. The van der Waals surface area contributed by atoms with Gasteiger partial charge in [0.05, 0.1) is 13.8 Å². The summed E-state index contributed by atoms with van der Waals surface area (Å²) in [6.45, 7) is 2.72. The molecule has 0 aromatic heterocycles. The summed E-state index contributed by atoms with van der Waals surface area (Å²) in [4.78, 5) is 27.3. The number of methoxy groups -OCH3 is 1. The molecule has 126 valence electrons. The number of halogens is 1. The van der Waals surface area contributed by atoms with Crippen molar-refractivity contribution in [1.82, 2.24) is 15.1 Å². The van der Waals surface area contributed by atoms with Gasteiger partial charge in [-0.1, -0.05) is 24.9 Å². The molecule has 0 radical (unpaired) electrons. The number of urea groups is 1. The molecule has 0 spiro atoms. The molecule has 3 amide bonds. The van der Waals surface area contributed by atoms with Gasteiger partial charge in [-0.15, -0.1) is 0 Å². The van der Waals surface area contributed by atoms with E-state index in [0.717, 1.165) is 17.7 Å². The molecule has 0 aliphatic carbocycles. The average Bonchev–Trinajstić information content (AvgIpc) is 2.75. The highest BCUT2D eigenvalue weighted by molar-refractivity contribution is 6.30. The van der Waals surface area contributed by atoms with Gasteiger partial charge in [-0.25, -0.2) is 9.69 Å². The van der Waals surface area contributed by atoms with E-state index in [1.54, 1.807) is 19.2 Å². The molecule has 1 N–H and O–H groups in total. The Morgan fingerprint density at radius 1 is 1.39 bits per heavy atom. The van der Waals surface area contributed by atoms with E-state index < -0.39 is 6.04 Å². The second kappa shape index (κ2) is 7.66. The molecule has 0 saturated carbocycles. The zero-order chi connectivity index (χ0) is 17.0. The van der Waals surface area contributed by atoms with Gasteiger partial charge in [-0.2, -0.15) is 0 Å². The minimum Gasteiger partial charge on any atom is -0.496 e. The van der Waals surface area contributed by atoms with Crippen molar-refractivity contribution in [3.8, 4) is 5.75 Å². The van der Waals surface area contributed by atoms with Gasteiger partial charge in [-0.3, -0.25) is 9.69 Å². The molecule has 1 saturated heterocycles. The van der Waals surface area contributed by atoms with Crippen LogP contribution in [0.1, 0.15) is 25.3 Å². The Hall–Kier alpha value is -1.79. The topological polar surface area (TPSA) is 61.9 Å². The third-order valence-corrected chi connectivity index (χ3v) is 3.98. The lowest BCUT2D eigenvalue weighted by atomic mass is 10.2. The lowest BCUT2D eigenvalue weighted by molar-refractivity contribution is -0.129. The fraction of sp³-hybridized carbons (Fsp3) is 0.500. The van der Waals surface area contributed by atoms with E-state index >= 15 is 0 Å². The maximum absolute atomic E-state index is 12.2. The number of hydrogen-bond donors (Lipinski definition) is 1. The van der Waals surface area contributed by atoms with Crippen LogP contribution in [-0.2, 0) is 11.3 Å². The Bertz CT molecular complexity index is 594. The number of carbonyl (C=O) groups excluding carboxylic acids is 2. The highest BCUT2D eigenvalue weighted by Gasteiger charge is 2.37. The molecular formula is C16H22ClN3O3. The molecule has 1 fully saturated rings. The number of carbonyl (C=O) groups is 2. The van der Waals surface area contributed by atoms with E-state index in [1.165, 1.54) is 4.90 Å². The number of imide groups is 1. The molecule has 23 heavy (non-hydrogen) atoms. The van der Waals surface area contributed by atoms with Crippen molar-refractivity contribution in [1.29, 1.82) is 0 Å². The van der Waals surface area contributed by atoms with Crippen molar-refractivity contribution in [2.24, 2.45) is 0 Å². The Morgan fingerprint density at radius 3 is 2.78 bits per heavy atom. The molecule has 2 rings (SSSR count). The first-order valence-electron chi connectivity index (χ1n) is 7.59. The number of nitrogens with one attached hydrogen (secondary N) is 1. The Kier molecular flexibility index (Phi) is 5.85. The number of amides is 3. The lowest BCUT2D eigenvalue weighted by Crippen LogP contribution is -2.40. The monoisotopic (exact) mass is 339 g/mol. The molecule has 1 aliphatic heterocycles. The molecule has 1 aliphatic rings. The van der Waals surface area contributed by atoms with Crippen molar-refractivity contribution < 1.29 is 14.3 Å². The minimum absolute atomic E-state index is 0.165. The van der Waals surface area contributed by atoms with Crippen molar-refractivity contribution in [3.05, 3.63) is 28.8 Å². The van der Waals surface area contributed by atoms with Crippen LogP contribution in [0.25, 0.3) is 0 Å². The van der Waals surface area contributed by atoms with E-state index in [2.05, 4.69) is 5.32 Å². The van der Waals surface area contributed by atoms with Crippen molar-refractivity contribution >= 4 is 23.5 Å². The summed E-state index contributed by atoms with van der Waals surface area (Å²) < 4.78 is 5.32. The van der Waals surface area contributed by atoms with Gasteiger partial charge in [0.2, 0.25) is 0 Å². The fourth-order valence-corrected chi connectivity index (χ4v) is 2.84. The average molecular weight is 340 g/mol. The zero-order valence-corrected chi connectivity index (χ0v) is 14.4.